The van der Waals surface area contributed by atoms with Gasteiger partial charge in [0, 0.05) is 5.30 Å². The lowest BCUT2D eigenvalue weighted by Crippen LogP contribution is -1.88. The zero-order valence-corrected chi connectivity index (χ0v) is 6.06. The molecule has 1 rings (SSSR count). The van der Waals surface area contributed by atoms with Crippen LogP contribution in [0, 0.1) is 6.92 Å². The van der Waals surface area contributed by atoms with Crippen LogP contribution in [0.15, 0.2) is 24.3 Å². The van der Waals surface area contributed by atoms with Gasteiger partial charge in [0.1, 0.15) is 0 Å². The summed E-state index contributed by atoms with van der Waals surface area (Å²) in [4.78, 5) is 0. The quantitative estimate of drug-likeness (QED) is 0.542. The van der Waals surface area contributed by atoms with Crippen molar-refractivity contribution in [2.45, 2.75) is 6.92 Å². The molecule has 0 saturated heterocycles. The van der Waals surface area contributed by atoms with E-state index in [1.54, 1.807) is 0 Å². The molecular weight excluding hydrogens is 131 g/mol. The number of hydrogen-bond acceptors (Lipinski definition) is 1. The SMILES string of the molecule is Cc1cccc(P=O)c1. The first-order valence-corrected chi connectivity index (χ1v) is 3.54. The van der Waals surface area contributed by atoms with E-state index in [1.165, 1.54) is 0 Å². The van der Waals surface area contributed by atoms with Gasteiger partial charge in [-0.25, -0.2) is 0 Å². The normalized spacial score (nSPS) is 9.89. The summed E-state index contributed by atoms with van der Waals surface area (Å²) in [5, 5.41) is 0.843. The fraction of sp³-hybridized carbons (Fsp3) is 0.143. The molecule has 0 aliphatic heterocycles. The summed E-state index contributed by atoms with van der Waals surface area (Å²) in [6, 6.07) is 7.61. The summed E-state index contributed by atoms with van der Waals surface area (Å²) in [6.07, 6.45) is 0. The molecule has 0 spiro atoms. The predicted molar refractivity (Wildman–Crippen MR) is 38.4 cm³/mol. The van der Waals surface area contributed by atoms with E-state index >= 15 is 0 Å². The molecule has 0 atom stereocenters. The largest absolute Gasteiger partial charge is 0.269 e. The minimum atomic E-state index is 0.105. The number of hydrogen-bond donors (Lipinski definition) is 0. The van der Waals surface area contributed by atoms with Crippen LogP contribution in [0.3, 0.4) is 0 Å². The molecule has 0 N–H and O–H groups in total. The molecule has 1 aromatic rings. The molecular formula is C7H7OP. The third-order valence-corrected chi connectivity index (χ3v) is 1.60. The lowest BCUT2D eigenvalue weighted by Gasteiger charge is -1.89. The highest BCUT2D eigenvalue weighted by Gasteiger charge is 1.87. The van der Waals surface area contributed by atoms with Crippen LogP contribution in [0.25, 0.3) is 0 Å². The van der Waals surface area contributed by atoms with Gasteiger partial charge in [0.2, 0.25) is 0 Å². The van der Waals surface area contributed by atoms with E-state index in [0.29, 0.717) is 0 Å². The fourth-order valence-electron chi connectivity index (χ4n) is 0.685. The molecule has 0 radical (unpaired) electrons. The maximum atomic E-state index is 10.3. The minimum absolute atomic E-state index is 0.105. The van der Waals surface area contributed by atoms with Crippen molar-refractivity contribution < 1.29 is 4.57 Å². The number of rotatable bonds is 1. The van der Waals surface area contributed by atoms with Crippen molar-refractivity contribution in [1.29, 1.82) is 0 Å². The van der Waals surface area contributed by atoms with Crippen molar-refractivity contribution in [2.24, 2.45) is 0 Å². The van der Waals surface area contributed by atoms with Crippen molar-refractivity contribution in [3.63, 3.8) is 0 Å². The predicted octanol–water partition coefficient (Wildman–Crippen LogP) is 1.91. The van der Waals surface area contributed by atoms with Crippen LogP contribution < -0.4 is 5.30 Å². The van der Waals surface area contributed by atoms with Crippen LogP contribution in [0.2, 0.25) is 0 Å². The van der Waals surface area contributed by atoms with Gasteiger partial charge in [0.15, 0.2) is 8.46 Å². The van der Waals surface area contributed by atoms with Gasteiger partial charge in [-0.05, 0) is 19.1 Å². The second kappa shape index (κ2) is 2.75. The first-order valence-electron chi connectivity index (χ1n) is 2.73. The first-order chi connectivity index (χ1) is 4.33. The van der Waals surface area contributed by atoms with Crippen molar-refractivity contribution in [2.75, 3.05) is 0 Å². The average Bonchev–Trinajstić information content (AvgIpc) is 1.88. The zero-order valence-electron chi connectivity index (χ0n) is 5.16. The van der Waals surface area contributed by atoms with E-state index < -0.39 is 0 Å². The van der Waals surface area contributed by atoms with Crippen molar-refractivity contribution in [3.05, 3.63) is 29.8 Å². The van der Waals surface area contributed by atoms with Gasteiger partial charge < -0.3 is 0 Å². The van der Waals surface area contributed by atoms with E-state index in [9.17, 15) is 4.57 Å². The Morgan fingerprint density at radius 1 is 1.44 bits per heavy atom. The van der Waals surface area contributed by atoms with Gasteiger partial charge in [0.05, 0.1) is 0 Å². The van der Waals surface area contributed by atoms with Gasteiger partial charge in [0.25, 0.3) is 0 Å². The number of aryl methyl sites for hydroxylation is 1. The van der Waals surface area contributed by atoms with E-state index in [0.717, 1.165) is 10.9 Å². The van der Waals surface area contributed by atoms with E-state index in [-0.39, 0.29) is 8.46 Å². The first kappa shape index (κ1) is 6.44. The summed E-state index contributed by atoms with van der Waals surface area (Å²) in [5.41, 5.74) is 1.15. The molecule has 0 saturated carbocycles. The highest BCUT2D eigenvalue weighted by Crippen LogP contribution is 1.98. The molecule has 0 aromatic heterocycles. The van der Waals surface area contributed by atoms with E-state index in [4.69, 9.17) is 0 Å². The van der Waals surface area contributed by atoms with Crippen molar-refractivity contribution in [1.82, 2.24) is 0 Å². The summed E-state index contributed by atoms with van der Waals surface area (Å²) >= 11 is 0. The standard InChI is InChI=1S/C7H7OP/c1-6-3-2-4-7(5-6)9-8/h2-5H,1H3. The summed E-state index contributed by atoms with van der Waals surface area (Å²) in [6.45, 7) is 1.98. The third kappa shape index (κ3) is 1.62. The van der Waals surface area contributed by atoms with Crippen LogP contribution in [0.5, 0.6) is 0 Å². The maximum absolute atomic E-state index is 10.3. The van der Waals surface area contributed by atoms with Gasteiger partial charge in [-0.15, -0.1) is 0 Å². The lowest BCUT2D eigenvalue weighted by atomic mass is 10.2. The molecule has 9 heavy (non-hydrogen) atoms. The van der Waals surface area contributed by atoms with Crippen LogP contribution >= 0.6 is 8.46 Å². The smallest absolute Gasteiger partial charge is 0.192 e. The third-order valence-electron chi connectivity index (χ3n) is 1.11. The van der Waals surface area contributed by atoms with E-state index in [1.807, 2.05) is 31.2 Å². The summed E-state index contributed by atoms with van der Waals surface area (Å²) in [7, 11) is 0.105. The number of benzene rings is 1. The Labute approximate surface area is 55.9 Å². The molecule has 2 heteroatoms. The zero-order chi connectivity index (χ0) is 6.69. The molecule has 1 aromatic carbocycles. The van der Waals surface area contributed by atoms with Gasteiger partial charge in [-0.3, -0.25) is 4.57 Å². The Balaban J connectivity index is 3.07. The Bertz CT molecular complexity index is 220. The van der Waals surface area contributed by atoms with Crippen molar-refractivity contribution in [3.8, 4) is 0 Å². The highest BCUT2D eigenvalue weighted by molar-refractivity contribution is 7.34. The fourth-order valence-corrected chi connectivity index (χ4v) is 1.09. The molecule has 0 bridgehead atoms. The molecule has 0 heterocycles. The lowest BCUT2D eigenvalue weighted by molar-refractivity contribution is 0.603. The van der Waals surface area contributed by atoms with E-state index in [2.05, 4.69) is 0 Å². The molecule has 0 fully saturated rings. The average molecular weight is 138 g/mol. The molecule has 46 valence electrons. The summed E-state index contributed by atoms with van der Waals surface area (Å²) in [5.74, 6) is 0. The van der Waals surface area contributed by atoms with Gasteiger partial charge >= 0.3 is 0 Å². The van der Waals surface area contributed by atoms with Crippen molar-refractivity contribution >= 4 is 13.8 Å². The minimum Gasteiger partial charge on any atom is -0.269 e. The maximum Gasteiger partial charge on any atom is 0.192 e. The van der Waals surface area contributed by atoms with Crippen LogP contribution in [0.4, 0.5) is 0 Å². The Kier molecular flexibility index (Phi) is 1.96. The Morgan fingerprint density at radius 2 is 2.22 bits per heavy atom. The van der Waals surface area contributed by atoms with Crippen LogP contribution in [-0.4, -0.2) is 0 Å². The summed E-state index contributed by atoms with van der Waals surface area (Å²) < 4.78 is 10.3. The second-order valence-electron chi connectivity index (χ2n) is 1.93. The molecule has 1 nitrogen and oxygen atoms in total. The molecule has 0 aliphatic rings. The molecule has 0 unspecified atom stereocenters. The Morgan fingerprint density at radius 3 is 2.67 bits per heavy atom. The van der Waals surface area contributed by atoms with Crippen LogP contribution in [-0.2, 0) is 4.57 Å². The highest BCUT2D eigenvalue weighted by atomic mass is 31.1. The van der Waals surface area contributed by atoms with Gasteiger partial charge in [-0.1, -0.05) is 17.7 Å². The topological polar surface area (TPSA) is 17.1 Å². The van der Waals surface area contributed by atoms with Crippen LogP contribution in [0.1, 0.15) is 5.56 Å². The molecule has 0 aliphatic carbocycles. The monoisotopic (exact) mass is 138 g/mol. The van der Waals surface area contributed by atoms with Gasteiger partial charge in [-0.2, -0.15) is 0 Å². The second-order valence-corrected chi connectivity index (χ2v) is 2.63. The molecule has 0 amide bonds. The Hall–Kier alpha value is -0.680.